The maximum atomic E-state index is 12.5. The molecular weight excluding hydrogens is 384 g/mol. The largest absolute Gasteiger partial charge is 0.462 e. The van der Waals surface area contributed by atoms with E-state index < -0.39 is 18.0 Å². The van der Waals surface area contributed by atoms with Crippen molar-refractivity contribution in [1.29, 1.82) is 0 Å². The van der Waals surface area contributed by atoms with Gasteiger partial charge in [-0.15, -0.1) is 11.3 Å². The second-order valence-electron chi connectivity index (χ2n) is 5.64. The molecular formula is C19H20N2O6S. The van der Waals surface area contributed by atoms with Gasteiger partial charge in [0.15, 0.2) is 0 Å². The molecule has 1 aromatic heterocycles. The average Bonchev–Trinajstić information content (AvgIpc) is 2.98. The molecule has 0 saturated carbocycles. The number of amides is 3. The molecule has 2 aromatic rings. The molecule has 1 aromatic carbocycles. The number of anilines is 1. The van der Waals surface area contributed by atoms with Gasteiger partial charge in [0.2, 0.25) is 5.91 Å². The highest BCUT2D eigenvalue weighted by atomic mass is 32.1. The van der Waals surface area contributed by atoms with Gasteiger partial charge >= 0.3 is 12.1 Å². The lowest BCUT2D eigenvalue weighted by molar-refractivity contribution is -0.115. The molecule has 1 heterocycles. The number of alkyl carbamates (subject to hydrolysis) is 1. The minimum atomic E-state index is -0.949. The summed E-state index contributed by atoms with van der Waals surface area (Å²) in [4.78, 5) is 48.6. The Labute approximate surface area is 165 Å². The molecule has 2 N–H and O–H groups in total. The van der Waals surface area contributed by atoms with Crippen molar-refractivity contribution in [1.82, 2.24) is 5.32 Å². The molecule has 0 radical (unpaired) electrons. The number of carbonyl (C=O) groups excluding carboxylic acids is 4. The fraction of sp³-hybridized carbons (Fsp3) is 0.263. The maximum Gasteiger partial charge on any atom is 0.413 e. The van der Waals surface area contributed by atoms with E-state index in [1.54, 1.807) is 26.0 Å². The van der Waals surface area contributed by atoms with Crippen molar-refractivity contribution < 1.29 is 28.7 Å². The van der Waals surface area contributed by atoms with Crippen molar-refractivity contribution in [2.24, 2.45) is 0 Å². The van der Waals surface area contributed by atoms with Crippen LogP contribution in [0.4, 0.5) is 9.80 Å². The molecule has 2 rings (SSSR count). The number of methoxy groups -OCH3 is 1. The van der Waals surface area contributed by atoms with Crippen LogP contribution >= 0.6 is 11.3 Å². The second kappa shape index (κ2) is 9.65. The van der Waals surface area contributed by atoms with E-state index in [1.807, 2.05) is 23.5 Å². The van der Waals surface area contributed by atoms with Crippen molar-refractivity contribution >= 4 is 40.2 Å². The summed E-state index contributed by atoms with van der Waals surface area (Å²) in [5, 5.41) is 4.84. The standard InChI is InChI=1S/C19H20N2O6S/c1-4-27-18(24)15-11(2)14(16(23)21-19(25)26-3)17(28-15)20-13(22)10-12-8-6-5-7-9-12/h5-9H,4,10H2,1-3H3,(H,20,22)(H,21,23,25). The Morgan fingerprint density at radius 1 is 1.11 bits per heavy atom. The number of hydrogen-bond donors (Lipinski definition) is 2. The van der Waals surface area contributed by atoms with Crippen LogP contribution in [0.25, 0.3) is 0 Å². The topological polar surface area (TPSA) is 111 Å². The molecule has 28 heavy (non-hydrogen) atoms. The fourth-order valence-electron chi connectivity index (χ4n) is 2.42. The third-order valence-electron chi connectivity index (χ3n) is 3.70. The number of esters is 1. The molecule has 3 amide bonds. The van der Waals surface area contributed by atoms with Crippen LogP contribution in [0.1, 0.15) is 38.1 Å². The molecule has 0 aliphatic carbocycles. The van der Waals surface area contributed by atoms with E-state index in [1.165, 1.54) is 0 Å². The Hall–Kier alpha value is -3.20. The maximum absolute atomic E-state index is 12.5. The van der Waals surface area contributed by atoms with Gasteiger partial charge in [0.1, 0.15) is 9.88 Å². The zero-order chi connectivity index (χ0) is 20.7. The van der Waals surface area contributed by atoms with Gasteiger partial charge in [-0.05, 0) is 25.0 Å². The first-order chi connectivity index (χ1) is 13.4. The van der Waals surface area contributed by atoms with Crippen LogP contribution < -0.4 is 10.6 Å². The molecule has 0 atom stereocenters. The van der Waals surface area contributed by atoms with E-state index in [4.69, 9.17) is 4.74 Å². The zero-order valence-corrected chi connectivity index (χ0v) is 16.5. The normalized spacial score (nSPS) is 10.1. The molecule has 0 bridgehead atoms. The summed E-state index contributed by atoms with van der Waals surface area (Å²) in [6, 6.07) is 9.06. The van der Waals surface area contributed by atoms with Gasteiger partial charge in [-0.2, -0.15) is 0 Å². The van der Waals surface area contributed by atoms with Gasteiger partial charge < -0.3 is 14.8 Å². The van der Waals surface area contributed by atoms with Crippen molar-refractivity contribution in [3.8, 4) is 0 Å². The highest BCUT2D eigenvalue weighted by molar-refractivity contribution is 7.18. The lowest BCUT2D eigenvalue weighted by atomic mass is 10.1. The van der Waals surface area contributed by atoms with E-state index in [0.29, 0.717) is 5.56 Å². The summed E-state index contributed by atoms with van der Waals surface area (Å²) in [7, 11) is 1.12. The van der Waals surface area contributed by atoms with E-state index >= 15 is 0 Å². The molecule has 0 spiro atoms. The van der Waals surface area contributed by atoms with Crippen LogP contribution in [0.5, 0.6) is 0 Å². The average molecular weight is 404 g/mol. The number of nitrogens with one attached hydrogen (secondary N) is 2. The number of hydrogen-bond acceptors (Lipinski definition) is 7. The summed E-state index contributed by atoms with van der Waals surface area (Å²) in [6.45, 7) is 3.37. The second-order valence-corrected chi connectivity index (χ2v) is 6.66. The first-order valence-corrected chi connectivity index (χ1v) is 9.22. The SMILES string of the molecule is CCOC(=O)c1sc(NC(=O)Cc2ccccc2)c(C(=O)NC(=O)OC)c1C. The minimum absolute atomic E-state index is 0.0138. The summed E-state index contributed by atoms with van der Waals surface area (Å²) in [5.41, 5.74) is 1.11. The summed E-state index contributed by atoms with van der Waals surface area (Å²) in [6.07, 6.45) is -0.861. The lowest BCUT2D eigenvalue weighted by Gasteiger charge is -2.07. The van der Waals surface area contributed by atoms with Gasteiger partial charge in [0, 0.05) is 0 Å². The Balaban J connectivity index is 2.33. The van der Waals surface area contributed by atoms with Gasteiger partial charge in [0.25, 0.3) is 5.91 Å². The van der Waals surface area contributed by atoms with Gasteiger partial charge in [0.05, 0.1) is 25.7 Å². The van der Waals surface area contributed by atoms with Crippen molar-refractivity contribution in [3.05, 3.63) is 51.9 Å². The number of thiophene rings is 1. The quantitative estimate of drug-likeness (QED) is 0.716. The Morgan fingerprint density at radius 2 is 1.79 bits per heavy atom. The van der Waals surface area contributed by atoms with Crippen LogP contribution in [-0.4, -0.2) is 37.6 Å². The summed E-state index contributed by atoms with van der Waals surface area (Å²) >= 11 is 0.917. The van der Waals surface area contributed by atoms with E-state index in [2.05, 4.69) is 10.1 Å². The number of rotatable bonds is 6. The predicted octanol–water partition coefficient (Wildman–Crippen LogP) is 2.91. The van der Waals surface area contributed by atoms with Crippen LogP contribution in [0.3, 0.4) is 0 Å². The molecule has 9 heteroatoms. The van der Waals surface area contributed by atoms with Crippen molar-refractivity contribution in [2.75, 3.05) is 19.0 Å². The predicted molar refractivity (Wildman–Crippen MR) is 104 cm³/mol. The molecule has 0 fully saturated rings. The van der Waals surface area contributed by atoms with Crippen LogP contribution in [0, 0.1) is 6.92 Å². The Kier molecular flexibility index (Phi) is 7.28. The zero-order valence-electron chi connectivity index (χ0n) is 15.7. The number of ether oxygens (including phenoxy) is 2. The molecule has 0 aliphatic heterocycles. The van der Waals surface area contributed by atoms with Gasteiger partial charge in [-0.1, -0.05) is 30.3 Å². The van der Waals surface area contributed by atoms with Crippen LogP contribution in [-0.2, 0) is 20.7 Å². The van der Waals surface area contributed by atoms with Gasteiger partial charge in [-0.25, -0.2) is 9.59 Å². The minimum Gasteiger partial charge on any atom is -0.462 e. The van der Waals surface area contributed by atoms with E-state index in [0.717, 1.165) is 24.0 Å². The van der Waals surface area contributed by atoms with Crippen molar-refractivity contribution in [3.63, 3.8) is 0 Å². The lowest BCUT2D eigenvalue weighted by Crippen LogP contribution is -2.31. The highest BCUT2D eigenvalue weighted by Crippen LogP contribution is 2.34. The van der Waals surface area contributed by atoms with E-state index in [9.17, 15) is 19.2 Å². The van der Waals surface area contributed by atoms with Gasteiger partial charge in [-0.3, -0.25) is 14.9 Å². The fourth-order valence-corrected chi connectivity index (χ4v) is 3.54. The highest BCUT2D eigenvalue weighted by Gasteiger charge is 2.27. The molecule has 0 saturated heterocycles. The van der Waals surface area contributed by atoms with Crippen LogP contribution in [0.2, 0.25) is 0 Å². The van der Waals surface area contributed by atoms with Crippen LogP contribution in [0.15, 0.2) is 30.3 Å². The van der Waals surface area contributed by atoms with Crippen molar-refractivity contribution in [2.45, 2.75) is 20.3 Å². The summed E-state index contributed by atoms with van der Waals surface area (Å²) in [5.74, 6) is -1.76. The molecule has 148 valence electrons. The summed E-state index contributed by atoms with van der Waals surface area (Å²) < 4.78 is 9.42. The number of carbonyl (C=O) groups is 4. The third-order valence-corrected chi connectivity index (χ3v) is 4.88. The first kappa shape index (κ1) is 21.1. The Bertz CT molecular complexity index is 891. The molecule has 0 unspecified atom stereocenters. The number of benzene rings is 1. The monoisotopic (exact) mass is 404 g/mol. The smallest absolute Gasteiger partial charge is 0.413 e. The first-order valence-electron chi connectivity index (χ1n) is 8.40. The van der Waals surface area contributed by atoms with E-state index in [-0.39, 0.29) is 34.4 Å². The molecule has 0 aliphatic rings. The third kappa shape index (κ3) is 5.17. The number of imide groups is 1. The molecule has 8 nitrogen and oxygen atoms in total. The Morgan fingerprint density at radius 3 is 2.39 bits per heavy atom.